The number of pyridine rings is 1. The summed E-state index contributed by atoms with van der Waals surface area (Å²) < 4.78 is 14.1. The summed E-state index contributed by atoms with van der Waals surface area (Å²) in [6, 6.07) is 3.19. The summed E-state index contributed by atoms with van der Waals surface area (Å²) in [5.74, 6) is -3.21. The van der Waals surface area contributed by atoms with Crippen LogP contribution >= 0.6 is 0 Å². The lowest BCUT2D eigenvalue weighted by Gasteiger charge is -2.28. The number of nitrogens with zero attached hydrogens (tertiary/aromatic N) is 2. The maximum atomic E-state index is 13.1. The van der Waals surface area contributed by atoms with Crippen molar-refractivity contribution >= 4 is 34.4 Å². The Kier molecular flexibility index (Phi) is 6.30. The number of carbonyl (C=O) groups excluding carboxylic acids is 2. The number of aromatic nitrogens is 1. The highest BCUT2D eigenvalue weighted by Crippen LogP contribution is 2.31. The number of carboxylic acids is 1. The molecule has 1 aromatic carbocycles. The van der Waals surface area contributed by atoms with Crippen LogP contribution in [0.5, 0.6) is 0 Å². The van der Waals surface area contributed by atoms with Gasteiger partial charge in [0, 0.05) is 43.3 Å². The molecule has 2 aliphatic rings. The molecule has 9 heteroatoms. The zero-order chi connectivity index (χ0) is 24.3. The lowest BCUT2D eigenvalue weighted by atomic mass is 9.94. The van der Waals surface area contributed by atoms with Crippen molar-refractivity contribution in [3.8, 4) is 0 Å². The van der Waals surface area contributed by atoms with E-state index in [4.69, 9.17) is 6.11 Å². The number of allylic oxidation sites excluding steroid dienone is 2. The highest BCUT2D eigenvalue weighted by atomic mass is 16.5. The van der Waals surface area contributed by atoms with Crippen molar-refractivity contribution in [2.24, 2.45) is 5.92 Å². The van der Waals surface area contributed by atoms with Gasteiger partial charge in [-0.05, 0) is 25.1 Å². The molecular formula is C24H26N4O5. The minimum Gasteiger partial charge on any atom is -0.481 e. The summed E-state index contributed by atoms with van der Waals surface area (Å²) in [4.78, 5) is 43.8. The molecule has 0 saturated carbocycles. The molecule has 0 radical (unpaired) electrons. The second-order valence-electron chi connectivity index (χ2n) is 7.68. The Labute approximate surface area is 192 Å². The zero-order valence-electron chi connectivity index (χ0n) is 19.2. The van der Waals surface area contributed by atoms with Gasteiger partial charge in [-0.25, -0.2) is 4.79 Å². The van der Waals surface area contributed by atoms with Gasteiger partial charge in [0.05, 0.1) is 31.1 Å². The number of carboxylic acid groups (broad SMARTS) is 1. The highest BCUT2D eigenvalue weighted by molar-refractivity contribution is 6.07. The summed E-state index contributed by atoms with van der Waals surface area (Å²) in [5, 5.41) is 16.3. The topological polar surface area (TPSA) is 121 Å². The molecule has 9 nitrogen and oxygen atoms in total. The molecule has 1 saturated heterocycles. The third kappa shape index (κ3) is 4.73. The fourth-order valence-corrected chi connectivity index (χ4v) is 3.90. The van der Waals surface area contributed by atoms with E-state index in [-0.39, 0.29) is 23.8 Å². The van der Waals surface area contributed by atoms with Gasteiger partial charge in [0.1, 0.15) is 5.56 Å². The predicted octanol–water partition coefficient (Wildman–Crippen LogP) is 2.06. The number of nitrogens with one attached hydrogen (secondary N) is 2. The molecule has 1 aromatic heterocycles. The van der Waals surface area contributed by atoms with Crippen LogP contribution in [0, 0.1) is 5.92 Å². The standard InChI is InChI=1S/C24H26N4O5/c1-2-33-24(32)18-14-26-19-8-7-15(22(29)28-11-9-25-10-12-28)13-17(19)21(18)27-20-6-4-3-5-16(20)23(30)31/h3-8,13-14,16,20,25H,2,9-12H2,1H3,(H,26,27)(H,30,31)/i20D. The van der Waals surface area contributed by atoms with E-state index >= 15 is 0 Å². The quantitative estimate of drug-likeness (QED) is 0.571. The highest BCUT2D eigenvalue weighted by Gasteiger charge is 2.28. The van der Waals surface area contributed by atoms with E-state index in [1.165, 1.54) is 18.3 Å². The van der Waals surface area contributed by atoms with E-state index in [1.807, 2.05) is 0 Å². The Morgan fingerprint density at radius 1 is 1.27 bits per heavy atom. The Bertz CT molecular complexity index is 1190. The molecule has 1 aliphatic heterocycles. The van der Waals surface area contributed by atoms with Gasteiger partial charge in [-0.2, -0.15) is 0 Å². The normalized spacial score (nSPS) is 22.6. The second-order valence-corrected chi connectivity index (χ2v) is 7.68. The zero-order valence-corrected chi connectivity index (χ0v) is 18.2. The monoisotopic (exact) mass is 451 g/mol. The molecule has 1 fully saturated rings. The number of carbonyl (C=O) groups is 3. The third-order valence-corrected chi connectivity index (χ3v) is 5.58. The first-order valence-electron chi connectivity index (χ1n) is 11.3. The molecule has 172 valence electrons. The van der Waals surface area contributed by atoms with Gasteiger partial charge < -0.3 is 25.4 Å². The van der Waals surface area contributed by atoms with E-state index in [2.05, 4.69) is 15.6 Å². The van der Waals surface area contributed by atoms with E-state index in [9.17, 15) is 19.5 Å². The average Bonchev–Trinajstić information content (AvgIpc) is 2.84. The van der Waals surface area contributed by atoms with Crippen molar-refractivity contribution in [1.82, 2.24) is 15.2 Å². The number of aliphatic carboxylic acids is 1. The largest absolute Gasteiger partial charge is 0.481 e. The van der Waals surface area contributed by atoms with Crippen molar-refractivity contribution in [3.05, 3.63) is 59.8 Å². The van der Waals surface area contributed by atoms with Crippen LogP contribution in [0.25, 0.3) is 10.9 Å². The number of esters is 1. The van der Waals surface area contributed by atoms with Crippen LogP contribution in [0.1, 0.15) is 29.0 Å². The number of anilines is 1. The minimum atomic E-state index is -1.78. The van der Waals surface area contributed by atoms with Crippen molar-refractivity contribution in [1.29, 1.82) is 0 Å². The number of rotatable bonds is 6. The maximum Gasteiger partial charge on any atom is 0.341 e. The van der Waals surface area contributed by atoms with Gasteiger partial charge >= 0.3 is 11.9 Å². The molecule has 33 heavy (non-hydrogen) atoms. The average molecular weight is 452 g/mol. The molecule has 2 atom stereocenters. The van der Waals surface area contributed by atoms with Crippen molar-refractivity contribution in [2.45, 2.75) is 12.9 Å². The van der Waals surface area contributed by atoms with Gasteiger partial charge in [-0.3, -0.25) is 14.6 Å². The number of fused-ring (bicyclic) bond motifs is 1. The number of hydrogen-bond donors (Lipinski definition) is 3. The lowest BCUT2D eigenvalue weighted by molar-refractivity contribution is -0.140. The number of ether oxygens (including phenoxy) is 1. The third-order valence-electron chi connectivity index (χ3n) is 5.58. The fourth-order valence-electron chi connectivity index (χ4n) is 3.90. The summed E-state index contributed by atoms with van der Waals surface area (Å²) in [6.07, 6.45) is 7.31. The molecule has 3 N–H and O–H groups in total. The summed E-state index contributed by atoms with van der Waals surface area (Å²) >= 11 is 0. The van der Waals surface area contributed by atoms with Crippen LogP contribution < -0.4 is 10.6 Å². The molecule has 0 bridgehead atoms. The van der Waals surface area contributed by atoms with Gasteiger partial charge in [-0.1, -0.05) is 24.3 Å². The van der Waals surface area contributed by atoms with Gasteiger partial charge in [-0.15, -0.1) is 0 Å². The summed E-state index contributed by atoms with van der Waals surface area (Å²) in [6.45, 7) is 4.37. The Morgan fingerprint density at radius 3 is 2.76 bits per heavy atom. The van der Waals surface area contributed by atoms with Crippen LogP contribution in [0.4, 0.5) is 5.69 Å². The first kappa shape index (κ1) is 21.1. The predicted molar refractivity (Wildman–Crippen MR) is 123 cm³/mol. The molecule has 0 spiro atoms. The summed E-state index contributed by atoms with van der Waals surface area (Å²) in [5.41, 5.74) is 1.14. The smallest absolute Gasteiger partial charge is 0.341 e. The maximum absolute atomic E-state index is 13.1. The number of amides is 1. The molecule has 2 aromatic rings. The number of hydrogen-bond acceptors (Lipinski definition) is 7. The van der Waals surface area contributed by atoms with Crippen LogP contribution in [-0.2, 0) is 9.53 Å². The Balaban J connectivity index is 1.83. The van der Waals surface area contributed by atoms with E-state index in [0.717, 1.165) is 0 Å². The molecule has 4 rings (SSSR count). The van der Waals surface area contributed by atoms with Crippen molar-refractivity contribution < 1.29 is 25.6 Å². The SMILES string of the molecule is [2H]C1(Nc2c(C(=O)OCC)cnc3ccc(C(=O)N4CCNCC4)cc23)C=CC=CC1C(=O)O. The van der Waals surface area contributed by atoms with Crippen LogP contribution in [-0.4, -0.2) is 71.6 Å². The van der Waals surface area contributed by atoms with E-state index < -0.39 is 23.9 Å². The fraction of sp³-hybridized carbons (Fsp3) is 0.333. The molecule has 1 aliphatic carbocycles. The molecular weight excluding hydrogens is 424 g/mol. The van der Waals surface area contributed by atoms with Gasteiger partial charge in [0.15, 0.2) is 0 Å². The van der Waals surface area contributed by atoms with Gasteiger partial charge in [0.25, 0.3) is 5.91 Å². The van der Waals surface area contributed by atoms with Crippen LogP contribution in [0.15, 0.2) is 48.7 Å². The van der Waals surface area contributed by atoms with Crippen LogP contribution in [0.3, 0.4) is 0 Å². The Morgan fingerprint density at radius 2 is 2.03 bits per heavy atom. The van der Waals surface area contributed by atoms with Crippen molar-refractivity contribution in [2.75, 3.05) is 38.1 Å². The van der Waals surface area contributed by atoms with E-state index in [1.54, 1.807) is 42.2 Å². The van der Waals surface area contributed by atoms with Crippen LogP contribution in [0.2, 0.25) is 0 Å². The second kappa shape index (κ2) is 9.83. The molecule has 1 amide bonds. The Hall–Kier alpha value is -3.72. The van der Waals surface area contributed by atoms with E-state index in [0.29, 0.717) is 42.6 Å². The molecule has 2 unspecified atom stereocenters. The lowest BCUT2D eigenvalue weighted by Crippen LogP contribution is -2.46. The number of benzene rings is 1. The molecule has 2 heterocycles. The first-order valence-corrected chi connectivity index (χ1v) is 10.8. The first-order chi connectivity index (χ1) is 16.3. The summed E-state index contributed by atoms with van der Waals surface area (Å²) in [7, 11) is 0. The number of piperazine rings is 1. The van der Waals surface area contributed by atoms with Crippen molar-refractivity contribution in [3.63, 3.8) is 0 Å². The van der Waals surface area contributed by atoms with Gasteiger partial charge in [0.2, 0.25) is 0 Å². The minimum absolute atomic E-state index is 0.0554.